The first-order valence-corrected chi connectivity index (χ1v) is 8.95. The molecule has 0 atom stereocenters. The molecule has 1 aromatic heterocycles. The third-order valence-electron chi connectivity index (χ3n) is 4.06. The summed E-state index contributed by atoms with van der Waals surface area (Å²) in [7, 11) is 0. The Morgan fingerprint density at radius 3 is 2.24 bits per heavy atom. The summed E-state index contributed by atoms with van der Waals surface area (Å²) in [5.41, 5.74) is 1.48. The van der Waals surface area contributed by atoms with Crippen molar-refractivity contribution in [3.8, 4) is 0 Å². The van der Waals surface area contributed by atoms with Gasteiger partial charge in [0.2, 0.25) is 0 Å². The molecule has 0 radical (unpaired) electrons. The zero-order valence-corrected chi connectivity index (χ0v) is 13.9. The molecule has 0 saturated heterocycles. The molecule has 0 saturated carbocycles. The van der Waals surface area contributed by atoms with Gasteiger partial charge in [0.05, 0.1) is 0 Å². The van der Waals surface area contributed by atoms with Crippen LogP contribution in [0.15, 0.2) is 24.5 Å². The second-order valence-electron chi connectivity index (χ2n) is 6.11. The standard InChI is InChI=1S/C19H34NO/c1-2-3-13-19-14-12-16-20(18-19)15-10-8-6-4-5-7-9-11-17-21/h12,14,16,18,21H,2-11,13,15,17H2,1H3/q+1. The van der Waals surface area contributed by atoms with E-state index < -0.39 is 0 Å². The normalized spacial score (nSPS) is 11.0. The van der Waals surface area contributed by atoms with Crippen LogP contribution in [0.3, 0.4) is 0 Å². The van der Waals surface area contributed by atoms with E-state index in [0.29, 0.717) is 6.61 Å². The quantitative estimate of drug-likeness (QED) is 0.422. The van der Waals surface area contributed by atoms with Gasteiger partial charge in [0.25, 0.3) is 0 Å². The summed E-state index contributed by atoms with van der Waals surface area (Å²) in [6, 6.07) is 4.44. The summed E-state index contributed by atoms with van der Waals surface area (Å²) in [6.45, 7) is 3.76. The summed E-state index contributed by atoms with van der Waals surface area (Å²) in [6.07, 6.45) is 18.4. The van der Waals surface area contributed by atoms with Crippen LogP contribution in [0, 0.1) is 0 Å². The molecule has 0 bridgehead atoms. The van der Waals surface area contributed by atoms with E-state index in [4.69, 9.17) is 5.11 Å². The van der Waals surface area contributed by atoms with Crippen molar-refractivity contribution in [1.82, 2.24) is 0 Å². The lowest BCUT2D eigenvalue weighted by atomic mass is 10.1. The highest BCUT2D eigenvalue weighted by Gasteiger charge is 2.02. The van der Waals surface area contributed by atoms with Crippen molar-refractivity contribution in [2.45, 2.75) is 84.1 Å². The minimum Gasteiger partial charge on any atom is -0.396 e. The monoisotopic (exact) mass is 292 g/mol. The van der Waals surface area contributed by atoms with Crippen LogP contribution in [-0.4, -0.2) is 11.7 Å². The lowest BCUT2D eigenvalue weighted by molar-refractivity contribution is -0.697. The van der Waals surface area contributed by atoms with Crippen molar-refractivity contribution >= 4 is 0 Å². The van der Waals surface area contributed by atoms with Crippen molar-refractivity contribution in [3.05, 3.63) is 30.1 Å². The first-order chi connectivity index (χ1) is 10.4. The lowest BCUT2D eigenvalue weighted by Crippen LogP contribution is -2.33. The van der Waals surface area contributed by atoms with E-state index in [1.165, 1.54) is 69.8 Å². The summed E-state index contributed by atoms with van der Waals surface area (Å²) < 4.78 is 2.35. The molecule has 0 aliphatic carbocycles. The van der Waals surface area contributed by atoms with Crippen LogP contribution in [-0.2, 0) is 13.0 Å². The van der Waals surface area contributed by atoms with Crippen LogP contribution in [0.4, 0.5) is 0 Å². The number of aryl methyl sites for hydroxylation is 2. The fourth-order valence-electron chi connectivity index (χ4n) is 2.71. The van der Waals surface area contributed by atoms with E-state index in [1.54, 1.807) is 0 Å². The Labute approximate surface area is 131 Å². The smallest absolute Gasteiger partial charge is 0.171 e. The van der Waals surface area contributed by atoms with E-state index in [0.717, 1.165) is 13.0 Å². The van der Waals surface area contributed by atoms with Gasteiger partial charge in [-0.1, -0.05) is 45.4 Å². The summed E-state index contributed by atoms with van der Waals surface area (Å²) in [5, 5.41) is 8.71. The second-order valence-corrected chi connectivity index (χ2v) is 6.11. The van der Waals surface area contributed by atoms with Gasteiger partial charge in [-0.2, -0.15) is 0 Å². The number of rotatable bonds is 13. The SMILES string of the molecule is CCCCc1ccc[n+](CCCCCCCCCCO)c1. The van der Waals surface area contributed by atoms with Crippen molar-refractivity contribution in [3.63, 3.8) is 0 Å². The van der Waals surface area contributed by atoms with E-state index >= 15 is 0 Å². The van der Waals surface area contributed by atoms with Crippen molar-refractivity contribution in [2.24, 2.45) is 0 Å². The molecule has 0 amide bonds. The number of aliphatic hydroxyl groups excluding tert-OH is 1. The molecule has 2 heteroatoms. The van der Waals surface area contributed by atoms with Crippen LogP contribution >= 0.6 is 0 Å². The molecule has 1 heterocycles. The van der Waals surface area contributed by atoms with Gasteiger partial charge < -0.3 is 5.11 Å². The average molecular weight is 292 g/mol. The highest BCUT2D eigenvalue weighted by Crippen LogP contribution is 2.08. The highest BCUT2D eigenvalue weighted by atomic mass is 16.2. The minimum absolute atomic E-state index is 0.356. The third kappa shape index (κ3) is 9.62. The Kier molecular flexibility index (Phi) is 11.1. The molecular formula is C19H34NO+. The maximum atomic E-state index is 8.71. The lowest BCUT2D eigenvalue weighted by Gasteiger charge is -2.02. The Balaban J connectivity index is 2.04. The molecule has 0 aliphatic rings. The second kappa shape index (κ2) is 12.8. The molecule has 2 nitrogen and oxygen atoms in total. The van der Waals surface area contributed by atoms with Gasteiger partial charge in [-0.3, -0.25) is 0 Å². The van der Waals surface area contributed by atoms with Crippen molar-refractivity contribution in [1.29, 1.82) is 0 Å². The van der Waals surface area contributed by atoms with E-state index in [-0.39, 0.29) is 0 Å². The van der Waals surface area contributed by atoms with Crippen LogP contribution in [0.5, 0.6) is 0 Å². The van der Waals surface area contributed by atoms with Crippen molar-refractivity contribution < 1.29 is 9.67 Å². The Hall–Kier alpha value is -0.890. The number of pyridine rings is 1. The molecule has 0 unspecified atom stereocenters. The summed E-state index contributed by atoms with van der Waals surface area (Å²) in [4.78, 5) is 0. The summed E-state index contributed by atoms with van der Waals surface area (Å²) in [5.74, 6) is 0. The Morgan fingerprint density at radius 2 is 1.57 bits per heavy atom. The molecular weight excluding hydrogens is 258 g/mol. The van der Waals surface area contributed by atoms with Crippen LogP contribution in [0.25, 0.3) is 0 Å². The van der Waals surface area contributed by atoms with Crippen LogP contribution in [0.2, 0.25) is 0 Å². The van der Waals surface area contributed by atoms with E-state index in [9.17, 15) is 0 Å². The zero-order valence-electron chi connectivity index (χ0n) is 13.9. The largest absolute Gasteiger partial charge is 0.396 e. The van der Waals surface area contributed by atoms with Gasteiger partial charge in [0, 0.05) is 24.7 Å². The first-order valence-electron chi connectivity index (χ1n) is 8.95. The Morgan fingerprint density at radius 1 is 0.905 bits per heavy atom. The number of hydrogen-bond donors (Lipinski definition) is 1. The first kappa shape index (κ1) is 18.2. The fraction of sp³-hybridized carbons (Fsp3) is 0.737. The summed E-state index contributed by atoms with van der Waals surface area (Å²) >= 11 is 0. The molecule has 120 valence electrons. The molecule has 1 rings (SSSR count). The van der Waals surface area contributed by atoms with Gasteiger partial charge in [-0.15, -0.1) is 0 Å². The third-order valence-corrected chi connectivity index (χ3v) is 4.06. The van der Waals surface area contributed by atoms with Gasteiger partial charge in [0.15, 0.2) is 12.4 Å². The number of nitrogens with zero attached hydrogens (tertiary/aromatic N) is 1. The van der Waals surface area contributed by atoms with E-state index in [1.807, 2.05) is 0 Å². The van der Waals surface area contributed by atoms with E-state index in [2.05, 4.69) is 36.0 Å². The number of unbranched alkanes of at least 4 members (excludes halogenated alkanes) is 8. The van der Waals surface area contributed by atoms with Crippen LogP contribution < -0.4 is 4.57 Å². The molecule has 1 N–H and O–H groups in total. The van der Waals surface area contributed by atoms with Gasteiger partial charge >= 0.3 is 0 Å². The zero-order chi connectivity index (χ0) is 15.2. The van der Waals surface area contributed by atoms with Gasteiger partial charge in [-0.25, -0.2) is 4.57 Å². The number of aromatic nitrogens is 1. The highest BCUT2D eigenvalue weighted by molar-refractivity contribution is 5.05. The predicted molar refractivity (Wildman–Crippen MR) is 89.3 cm³/mol. The van der Waals surface area contributed by atoms with Crippen LogP contribution in [0.1, 0.15) is 76.7 Å². The molecule has 1 aromatic rings. The molecule has 0 aliphatic heterocycles. The minimum atomic E-state index is 0.356. The molecule has 0 spiro atoms. The predicted octanol–water partition coefficient (Wildman–Crippen LogP) is 4.43. The molecule has 0 fully saturated rings. The molecule has 0 aromatic carbocycles. The average Bonchev–Trinajstić information content (AvgIpc) is 2.52. The maximum absolute atomic E-state index is 8.71. The van der Waals surface area contributed by atoms with Gasteiger partial charge in [-0.05, 0) is 31.7 Å². The maximum Gasteiger partial charge on any atom is 0.171 e. The van der Waals surface area contributed by atoms with Gasteiger partial charge in [0.1, 0.15) is 6.54 Å². The molecule has 21 heavy (non-hydrogen) atoms. The number of hydrogen-bond acceptors (Lipinski definition) is 1. The number of aliphatic hydroxyl groups is 1. The Bertz CT molecular complexity index is 351. The topological polar surface area (TPSA) is 24.1 Å². The fourth-order valence-corrected chi connectivity index (χ4v) is 2.71. The van der Waals surface area contributed by atoms with Crippen molar-refractivity contribution in [2.75, 3.05) is 6.61 Å².